The average molecular weight is 304 g/mol. The van der Waals surface area contributed by atoms with Gasteiger partial charge < -0.3 is 0 Å². The molecule has 0 bridgehead atoms. The molecule has 0 radical (unpaired) electrons. The first-order valence-electron chi connectivity index (χ1n) is 6.48. The highest BCUT2D eigenvalue weighted by Gasteiger charge is 2.18. The van der Waals surface area contributed by atoms with Crippen LogP contribution in [0.4, 0.5) is 4.39 Å². The Balaban J connectivity index is 2.43. The SMILES string of the molecule is CC(C)c1[nH]n2c(=O)[nH]c(=S)nc2c1-c1ccc(F)cc1. The predicted octanol–water partition coefficient (Wildman–Crippen LogP) is 3.01. The monoisotopic (exact) mass is 304 g/mol. The molecule has 0 amide bonds. The van der Waals surface area contributed by atoms with Gasteiger partial charge in [-0.2, -0.15) is 9.50 Å². The third-order valence-corrected chi connectivity index (χ3v) is 3.47. The van der Waals surface area contributed by atoms with Gasteiger partial charge in [0.2, 0.25) is 4.77 Å². The fourth-order valence-corrected chi connectivity index (χ4v) is 2.48. The third kappa shape index (κ3) is 2.29. The number of hydrogen-bond donors (Lipinski definition) is 2. The Morgan fingerprint density at radius 3 is 2.57 bits per heavy atom. The molecule has 108 valence electrons. The molecule has 0 fully saturated rings. The van der Waals surface area contributed by atoms with Crippen molar-refractivity contribution in [3.8, 4) is 11.1 Å². The molecule has 0 aliphatic carbocycles. The van der Waals surface area contributed by atoms with Crippen LogP contribution in [-0.2, 0) is 0 Å². The number of hydrogen-bond acceptors (Lipinski definition) is 3. The Hall–Kier alpha value is -2.28. The van der Waals surface area contributed by atoms with Gasteiger partial charge >= 0.3 is 5.69 Å². The summed E-state index contributed by atoms with van der Waals surface area (Å²) in [5.41, 5.74) is 2.47. The lowest BCUT2D eigenvalue weighted by Crippen LogP contribution is -2.18. The van der Waals surface area contributed by atoms with Crippen LogP contribution in [0.3, 0.4) is 0 Å². The molecule has 0 aliphatic heterocycles. The summed E-state index contributed by atoms with van der Waals surface area (Å²) in [5, 5.41) is 3.04. The summed E-state index contributed by atoms with van der Waals surface area (Å²) in [7, 11) is 0. The molecule has 0 atom stereocenters. The fraction of sp³-hybridized carbons (Fsp3) is 0.214. The number of aromatic nitrogens is 4. The minimum absolute atomic E-state index is 0.123. The fourth-order valence-electron chi connectivity index (χ4n) is 2.30. The molecule has 1 aromatic carbocycles. The predicted molar refractivity (Wildman–Crippen MR) is 80.5 cm³/mol. The molecule has 2 aromatic heterocycles. The van der Waals surface area contributed by atoms with Gasteiger partial charge in [-0.05, 0) is 35.8 Å². The van der Waals surface area contributed by atoms with Crippen molar-refractivity contribution >= 4 is 17.9 Å². The van der Waals surface area contributed by atoms with Gasteiger partial charge in [0.05, 0.1) is 0 Å². The first-order chi connectivity index (χ1) is 9.97. The van der Waals surface area contributed by atoms with E-state index in [0.717, 1.165) is 16.8 Å². The van der Waals surface area contributed by atoms with E-state index in [1.165, 1.54) is 16.6 Å². The molecule has 2 heterocycles. The van der Waals surface area contributed by atoms with Crippen LogP contribution in [0, 0.1) is 10.6 Å². The minimum atomic E-state index is -0.375. The highest BCUT2D eigenvalue weighted by atomic mass is 32.1. The van der Waals surface area contributed by atoms with Crippen molar-refractivity contribution in [2.75, 3.05) is 0 Å². The number of aromatic amines is 2. The van der Waals surface area contributed by atoms with Crippen molar-refractivity contribution in [3.63, 3.8) is 0 Å². The van der Waals surface area contributed by atoms with Crippen LogP contribution in [0.1, 0.15) is 25.5 Å². The topological polar surface area (TPSA) is 65.9 Å². The van der Waals surface area contributed by atoms with E-state index >= 15 is 0 Å². The molecule has 0 saturated heterocycles. The van der Waals surface area contributed by atoms with E-state index in [1.807, 2.05) is 13.8 Å². The van der Waals surface area contributed by atoms with E-state index in [0.29, 0.717) is 5.65 Å². The number of nitrogens with zero attached hydrogens (tertiary/aromatic N) is 2. The maximum atomic E-state index is 13.1. The second-order valence-electron chi connectivity index (χ2n) is 5.07. The Bertz CT molecular complexity index is 921. The molecule has 0 saturated carbocycles. The Morgan fingerprint density at radius 2 is 1.95 bits per heavy atom. The summed E-state index contributed by atoms with van der Waals surface area (Å²) in [4.78, 5) is 18.7. The van der Waals surface area contributed by atoms with Crippen molar-refractivity contribution < 1.29 is 4.39 Å². The average Bonchev–Trinajstić information content (AvgIpc) is 2.79. The van der Waals surface area contributed by atoms with Crippen molar-refractivity contribution in [2.24, 2.45) is 0 Å². The van der Waals surface area contributed by atoms with E-state index in [-0.39, 0.29) is 22.2 Å². The summed E-state index contributed by atoms with van der Waals surface area (Å²) >= 11 is 4.98. The molecule has 0 unspecified atom stereocenters. The summed E-state index contributed by atoms with van der Waals surface area (Å²) in [6.45, 7) is 4.00. The van der Waals surface area contributed by atoms with Crippen molar-refractivity contribution in [3.05, 3.63) is 51.0 Å². The largest absolute Gasteiger partial charge is 0.348 e. The van der Waals surface area contributed by atoms with Crippen LogP contribution in [-0.4, -0.2) is 19.6 Å². The number of H-pyrrole nitrogens is 2. The van der Waals surface area contributed by atoms with Crippen LogP contribution >= 0.6 is 12.2 Å². The number of fused-ring (bicyclic) bond motifs is 1. The minimum Gasteiger partial charge on any atom is -0.292 e. The first kappa shape index (κ1) is 13.7. The summed E-state index contributed by atoms with van der Waals surface area (Å²) < 4.78 is 14.6. The highest BCUT2D eigenvalue weighted by molar-refractivity contribution is 7.71. The summed E-state index contributed by atoms with van der Waals surface area (Å²) in [5.74, 6) is -0.174. The van der Waals surface area contributed by atoms with Crippen LogP contribution in [0.25, 0.3) is 16.8 Å². The molecule has 21 heavy (non-hydrogen) atoms. The summed E-state index contributed by atoms with van der Waals surface area (Å²) in [6.07, 6.45) is 0. The van der Waals surface area contributed by atoms with Gasteiger partial charge in [0, 0.05) is 11.3 Å². The maximum Gasteiger partial charge on any atom is 0.348 e. The molecular formula is C14H13FN4OS. The van der Waals surface area contributed by atoms with E-state index in [9.17, 15) is 9.18 Å². The molecular weight excluding hydrogens is 291 g/mol. The van der Waals surface area contributed by atoms with Gasteiger partial charge in [-0.3, -0.25) is 10.1 Å². The number of nitrogens with one attached hydrogen (secondary N) is 2. The molecule has 3 aromatic rings. The summed E-state index contributed by atoms with van der Waals surface area (Å²) in [6, 6.07) is 6.09. The Morgan fingerprint density at radius 1 is 1.29 bits per heavy atom. The Labute approximate surface area is 124 Å². The van der Waals surface area contributed by atoms with Gasteiger partial charge in [0.15, 0.2) is 5.65 Å². The van der Waals surface area contributed by atoms with Gasteiger partial charge in [-0.25, -0.2) is 9.18 Å². The van der Waals surface area contributed by atoms with E-state index in [4.69, 9.17) is 12.2 Å². The van der Waals surface area contributed by atoms with Crippen molar-refractivity contribution in [1.29, 1.82) is 0 Å². The number of halogens is 1. The van der Waals surface area contributed by atoms with Crippen molar-refractivity contribution in [2.45, 2.75) is 19.8 Å². The van der Waals surface area contributed by atoms with Gasteiger partial charge in [0.1, 0.15) is 5.82 Å². The van der Waals surface area contributed by atoms with E-state index in [2.05, 4.69) is 15.1 Å². The molecule has 3 rings (SSSR count). The smallest absolute Gasteiger partial charge is 0.292 e. The quantitative estimate of drug-likeness (QED) is 0.715. The number of benzene rings is 1. The van der Waals surface area contributed by atoms with Crippen LogP contribution < -0.4 is 5.69 Å². The second-order valence-corrected chi connectivity index (χ2v) is 5.45. The molecule has 5 nitrogen and oxygen atoms in total. The zero-order valence-corrected chi connectivity index (χ0v) is 12.3. The van der Waals surface area contributed by atoms with Crippen LogP contribution in [0.2, 0.25) is 0 Å². The zero-order chi connectivity index (χ0) is 15.1. The zero-order valence-electron chi connectivity index (χ0n) is 11.5. The van der Waals surface area contributed by atoms with Gasteiger partial charge in [0.25, 0.3) is 0 Å². The Kier molecular flexibility index (Phi) is 3.21. The maximum absolute atomic E-state index is 13.1. The molecule has 2 N–H and O–H groups in total. The van der Waals surface area contributed by atoms with E-state index in [1.54, 1.807) is 12.1 Å². The third-order valence-electron chi connectivity index (χ3n) is 3.27. The molecule has 0 spiro atoms. The van der Waals surface area contributed by atoms with Crippen LogP contribution in [0.5, 0.6) is 0 Å². The lowest BCUT2D eigenvalue weighted by Gasteiger charge is -2.06. The van der Waals surface area contributed by atoms with Gasteiger partial charge in [-0.1, -0.05) is 26.0 Å². The molecule has 7 heteroatoms. The van der Waals surface area contributed by atoms with Gasteiger partial charge in [-0.15, -0.1) is 0 Å². The standard InChI is InChI=1S/C14H13FN4OS/c1-7(2)11-10(8-3-5-9(15)6-4-8)12-16-13(21)17-14(20)19(12)18-11/h3-7,18H,1-2H3,(H,17,20,21). The highest BCUT2D eigenvalue weighted by Crippen LogP contribution is 2.31. The number of rotatable bonds is 2. The van der Waals surface area contributed by atoms with Crippen LogP contribution in [0.15, 0.2) is 29.1 Å². The molecule has 0 aliphatic rings. The van der Waals surface area contributed by atoms with Crippen molar-refractivity contribution in [1.82, 2.24) is 19.6 Å². The lowest BCUT2D eigenvalue weighted by molar-refractivity contribution is 0.628. The van der Waals surface area contributed by atoms with E-state index < -0.39 is 0 Å². The first-order valence-corrected chi connectivity index (χ1v) is 6.89. The lowest BCUT2D eigenvalue weighted by atomic mass is 9.99. The normalized spacial score (nSPS) is 11.4. The second kappa shape index (κ2) is 4.92.